The molecule has 0 aliphatic rings. The lowest BCUT2D eigenvalue weighted by Gasteiger charge is -2.08. The van der Waals surface area contributed by atoms with Gasteiger partial charge in [0.05, 0.1) is 23.1 Å². The molecule has 0 atom stereocenters. The molecule has 0 radical (unpaired) electrons. The molecule has 0 unspecified atom stereocenters. The normalized spacial score (nSPS) is 11.0. The van der Waals surface area contributed by atoms with Crippen LogP contribution in [-0.2, 0) is 24.2 Å². The number of ether oxygens (including phenoxy) is 1. The highest BCUT2D eigenvalue weighted by atomic mass is 35.5. The van der Waals surface area contributed by atoms with Crippen LogP contribution in [-0.4, -0.2) is 45.9 Å². The predicted octanol–water partition coefficient (Wildman–Crippen LogP) is 0.340. The first-order valence-electron chi connectivity index (χ1n) is 6.47. The zero-order chi connectivity index (χ0) is 16.6. The van der Waals surface area contributed by atoms with E-state index in [1.165, 1.54) is 12.1 Å². The lowest BCUT2D eigenvalue weighted by molar-refractivity contribution is -0.143. The number of sulfone groups is 1. The van der Waals surface area contributed by atoms with Crippen molar-refractivity contribution in [2.24, 2.45) is 0 Å². The Balaban J connectivity index is 2.42. The molecule has 1 amide bonds. The number of carbonyl (C=O) groups is 2. The summed E-state index contributed by atoms with van der Waals surface area (Å²) in [4.78, 5) is 22.5. The summed E-state index contributed by atoms with van der Waals surface area (Å²) >= 11 is 5.83. The van der Waals surface area contributed by atoms with Crippen LogP contribution in [0.4, 0.5) is 0 Å². The van der Waals surface area contributed by atoms with Crippen molar-refractivity contribution in [3.8, 4) is 0 Å². The molecule has 0 saturated carbocycles. The molecule has 0 aliphatic heterocycles. The van der Waals surface area contributed by atoms with E-state index in [2.05, 4.69) is 15.4 Å². The molecule has 1 aromatic rings. The Kier molecular flexibility index (Phi) is 7.30. The Morgan fingerprint density at radius 1 is 1.23 bits per heavy atom. The summed E-state index contributed by atoms with van der Waals surface area (Å²) in [7, 11) is -3.64. The largest absolute Gasteiger partial charge is 0.465 e. The van der Waals surface area contributed by atoms with E-state index in [4.69, 9.17) is 11.6 Å². The Morgan fingerprint density at radius 2 is 1.91 bits per heavy atom. The van der Waals surface area contributed by atoms with Crippen LogP contribution in [0.2, 0.25) is 5.02 Å². The maximum atomic E-state index is 12.0. The van der Waals surface area contributed by atoms with E-state index in [0.29, 0.717) is 0 Å². The van der Waals surface area contributed by atoms with Gasteiger partial charge in [-0.3, -0.25) is 14.9 Å². The van der Waals surface area contributed by atoms with E-state index < -0.39 is 27.6 Å². The number of benzene rings is 1. The maximum absolute atomic E-state index is 12.0. The number of amides is 1. The van der Waals surface area contributed by atoms with Crippen molar-refractivity contribution in [3.63, 3.8) is 0 Å². The summed E-state index contributed by atoms with van der Waals surface area (Å²) in [6.45, 7) is 1.37. The minimum atomic E-state index is -3.64. The highest BCUT2D eigenvalue weighted by molar-refractivity contribution is 7.91. The third-order valence-corrected chi connectivity index (χ3v) is 4.54. The molecule has 2 N–H and O–H groups in total. The van der Waals surface area contributed by atoms with Gasteiger partial charge in [0.1, 0.15) is 12.4 Å². The summed E-state index contributed by atoms with van der Waals surface area (Å²) in [5.74, 6) is -1.51. The minimum absolute atomic E-state index is 0.00361. The second-order valence-corrected chi connectivity index (χ2v) is 6.56. The van der Waals surface area contributed by atoms with Crippen molar-refractivity contribution >= 4 is 33.3 Å². The zero-order valence-corrected chi connectivity index (χ0v) is 13.5. The van der Waals surface area contributed by atoms with Crippen LogP contribution in [0, 0.1) is 0 Å². The van der Waals surface area contributed by atoms with Gasteiger partial charge in [-0.25, -0.2) is 8.42 Å². The molecule has 0 bridgehead atoms. The Morgan fingerprint density at radius 3 is 2.55 bits per heavy atom. The predicted molar refractivity (Wildman–Crippen MR) is 81.2 cm³/mol. The fraction of sp³-hybridized carbons (Fsp3) is 0.385. The molecule has 122 valence electrons. The quantitative estimate of drug-likeness (QED) is 0.657. The van der Waals surface area contributed by atoms with Gasteiger partial charge in [-0.15, -0.1) is 0 Å². The highest BCUT2D eigenvalue weighted by Crippen LogP contribution is 2.20. The average Bonchev–Trinajstić information content (AvgIpc) is 2.45. The maximum Gasteiger partial charge on any atom is 0.325 e. The first-order valence-corrected chi connectivity index (χ1v) is 8.50. The van der Waals surface area contributed by atoms with Gasteiger partial charge >= 0.3 is 5.97 Å². The molecule has 0 aromatic heterocycles. The van der Waals surface area contributed by atoms with E-state index >= 15 is 0 Å². The molecule has 22 heavy (non-hydrogen) atoms. The Bertz CT molecular complexity index is 633. The van der Waals surface area contributed by atoms with E-state index in [1.807, 2.05) is 0 Å². The van der Waals surface area contributed by atoms with Gasteiger partial charge in [0.25, 0.3) is 0 Å². The Labute approximate surface area is 133 Å². The lowest BCUT2D eigenvalue weighted by Crippen LogP contribution is -2.38. The van der Waals surface area contributed by atoms with Gasteiger partial charge < -0.3 is 10.1 Å². The molecule has 7 nitrogen and oxygen atoms in total. The highest BCUT2D eigenvalue weighted by Gasteiger charge is 2.17. The molecule has 1 rings (SSSR count). The number of esters is 1. The SMILES string of the molecule is CCOC(=O)CNC(=O)CNCS(=O)(=O)c1ccccc1Cl. The van der Waals surface area contributed by atoms with Crippen LogP contribution in [0.25, 0.3) is 0 Å². The van der Waals surface area contributed by atoms with Gasteiger partial charge in [0.2, 0.25) is 5.91 Å². The smallest absolute Gasteiger partial charge is 0.325 e. The monoisotopic (exact) mass is 348 g/mol. The second-order valence-electron chi connectivity index (χ2n) is 4.20. The average molecular weight is 349 g/mol. The summed E-state index contributed by atoms with van der Waals surface area (Å²) in [6.07, 6.45) is 0. The van der Waals surface area contributed by atoms with Crippen LogP contribution in [0.15, 0.2) is 29.2 Å². The number of hydrogen-bond acceptors (Lipinski definition) is 6. The van der Waals surface area contributed by atoms with Gasteiger partial charge in [-0.05, 0) is 19.1 Å². The second kappa shape index (κ2) is 8.72. The van der Waals surface area contributed by atoms with E-state index in [1.54, 1.807) is 19.1 Å². The van der Waals surface area contributed by atoms with Crippen molar-refractivity contribution in [1.29, 1.82) is 0 Å². The van der Waals surface area contributed by atoms with Crippen LogP contribution in [0.5, 0.6) is 0 Å². The van der Waals surface area contributed by atoms with Gasteiger partial charge in [0.15, 0.2) is 9.84 Å². The molecule has 0 aliphatic carbocycles. The molecule has 0 fully saturated rings. The number of halogens is 1. The minimum Gasteiger partial charge on any atom is -0.465 e. The summed E-state index contributed by atoms with van der Waals surface area (Å²) in [6, 6.07) is 6.04. The molecule has 0 heterocycles. The van der Waals surface area contributed by atoms with E-state index in [-0.39, 0.29) is 29.6 Å². The molecule has 9 heteroatoms. The van der Waals surface area contributed by atoms with Crippen LogP contribution >= 0.6 is 11.6 Å². The van der Waals surface area contributed by atoms with E-state index in [0.717, 1.165) is 0 Å². The van der Waals surface area contributed by atoms with Crippen LogP contribution in [0.3, 0.4) is 0 Å². The summed E-state index contributed by atoms with van der Waals surface area (Å²) in [5.41, 5.74) is 0. The van der Waals surface area contributed by atoms with Gasteiger partial charge in [0, 0.05) is 0 Å². The van der Waals surface area contributed by atoms with Crippen molar-refractivity contribution < 1.29 is 22.7 Å². The van der Waals surface area contributed by atoms with Crippen molar-refractivity contribution in [2.75, 3.05) is 25.6 Å². The lowest BCUT2D eigenvalue weighted by atomic mass is 10.4. The molecular formula is C13H17ClN2O5S. The zero-order valence-electron chi connectivity index (χ0n) is 12.0. The molecule has 0 spiro atoms. The number of carbonyl (C=O) groups excluding carboxylic acids is 2. The summed E-state index contributed by atoms with van der Waals surface area (Å²) < 4.78 is 28.7. The molecular weight excluding hydrogens is 332 g/mol. The van der Waals surface area contributed by atoms with Gasteiger partial charge in [-0.2, -0.15) is 0 Å². The fourth-order valence-corrected chi connectivity index (χ4v) is 3.18. The first-order chi connectivity index (χ1) is 10.4. The van der Waals surface area contributed by atoms with E-state index in [9.17, 15) is 18.0 Å². The first kappa shape index (κ1) is 18.4. The van der Waals surface area contributed by atoms with Crippen molar-refractivity contribution in [2.45, 2.75) is 11.8 Å². The standard InChI is InChI=1S/C13H17ClN2O5S/c1-2-21-13(18)8-16-12(17)7-15-9-22(19,20)11-6-4-3-5-10(11)14/h3-6,15H,2,7-9H2,1H3,(H,16,17). The number of nitrogens with one attached hydrogen (secondary N) is 2. The third kappa shape index (κ3) is 6.00. The summed E-state index contributed by atoms with van der Waals surface area (Å²) in [5, 5.41) is 4.93. The topological polar surface area (TPSA) is 102 Å². The fourth-order valence-electron chi connectivity index (χ4n) is 1.52. The Hall–Kier alpha value is -1.64. The third-order valence-electron chi connectivity index (χ3n) is 2.48. The number of hydrogen-bond donors (Lipinski definition) is 2. The number of rotatable bonds is 8. The molecule has 0 saturated heterocycles. The van der Waals surface area contributed by atoms with Crippen molar-refractivity contribution in [3.05, 3.63) is 29.3 Å². The van der Waals surface area contributed by atoms with Crippen LogP contribution < -0.4 is 10.6 Å². The molecule has 1 aromatic carbocycles. The van der Waals surface area contributed by atoms with Crippen LogP contribution in [0.1, 0.15) is 6.92 Å². The van der Waals surface area contributed by atoms with Crippen molar-refractivity contribution in [1.82, 2.24) is 10.6 Å². The van der Waals surface area contributed by atoms with Gasteiger partial charge in [-0.1, -0.05) is 23.7 Å².